The first-order valence-electron chi connectivity index (χ1n) is 8.46. The van der Waals surface area contributed by atoms with Crippen molar-refractivity contribution in [2.24, 2.45) is 5.92 Å². The summed E-state index contributed by atoms with van der Waals surface area (Å²) in [6.45, 7) is 7.05. The first-order valence-corrected chi connectivity index (χ1v) is 9.45. The number of aromatic nitrogens is 3. The van der Waals surface area contributed by atoms with Crippen LogP contribution in [-0.4, -0.2) is 37.7 Å². The molecular weight excluding hydrogens is 322 g/mol. The van der Waals surface area contributed by atoms with Gasteiger partial charge in [0.25, 0.3) is 0 Å². The normalized spacial score (nSPS) is 22.0. The lowest BCUT2D eigenvalue weighted by atomic mass is 10.0. The highest BCUT2D eigenvalue weighted by Crippen LogP contribution is 2.36. The molecule has 130 valence electrons. The summed E-state index contributed by atoms with van der Waals surface area (Å²) in [7, 11) is 0. The van der Waals surface area contributed by atoms with Crippen LogP contribution in [0, 0.1) is 5.92 Å². The second kappa shape index (κ2) is 7.01. The lowest BCUT2D eigenvalue weighted by molar-refractivity contribution is 0.231. The van der Waals surface area contributed by atoms with Crippen molar-refractivity contribution >= 4 is 23.4 Å². The van der Waals surface area contributed by atoms with Crippen LogP contribution < -0.4 is 10.6 Å². The number of thioether (sulfide) groups is 1. The average molecular weight is 347 g/mol. The van der Waals surface area contributed by atoms with Gasteiger partial charge in [-0.25, -0.2) is 4.79 Å². The van der Waals surface area contributed by atoms with Gasteiger partial charge in [-0.15, -0.1) is 10.2 Å². The molecule has 0 aliphatic carbocycles. The molecule has 0 aromatic carbocycles. The second-order valence-electron chi connectivity index (χ2n) is 6.94. The molecule has 2 N–H and O–H groups in total. The number of hydrogen-bond acceptors (Lipinski definition) is 4. The Morgan fingerprint density at radius 3 is 2.96 bits per heavy atom. The quantitative estimate of drug-likeness (QED) is 0.872. The van der Waals surface area contributed by atoms with Crippen LogP contribution >= 0.6 is 11.8 Å². The summed E-state index contributed by atoms with van der Waals surface area (Å²) in [5.41, 5.74) is 0.787. The Bertz CT molecular complexity index is 708. The molecule has 0 unspecified atom stereocenters. The van der Waals surface area contributed by atoms with Crippen molar-refractivity contribution in [3.63, 3.8) is 0 Å². The third kappa shape index (κ3) is 3.66. The number of nitrogens with one attached hydrogen (secondary N) is 2. The topological polar surface area (TPSA) is 71.3 Å². The number of amides is 2. The van der Waals surface area contributed by atoms with Gasteiger partial charge in [0.15, 0.2) is 11.5 Å². The standard InChI is InChI=1S/C17H25N5OS/c1-12(2)14(15-21-20-13-7-4-5-9-22(13)15)19-16(23)18-11-17(3)8-6-10-24-17/h4-5,7,9,12,14H,6,8,10-11H2,1-3H3,(H2,18,19,23)/t14-,17-/m0/s1. The van der Waals surface area contributed by atoms with Crippen LogP contribution in [0.3, 0.4) is 0 Å². The molecule has 24 heavy (non-hydrogen) atoms. The van der Waals surface area contributed by atoms with Gasteiger partial charge >= 0.3 is 6.03 Å². The van der Waals surface area contributed by atoms with Crippen LogP contribution in [0.5, 0.6) is 0 Å². The predicted molar refractivity (Wildman–Crippen MR) is 97.2 cm³/mol. The summed E-state index contributed by atoms with van der Waals surface area (Å²) >= 11 is 1.94. The Labute approximate surface area is 146 Å². The lowest BCUT2D eigenvalue weighted by Gasteiger charge is -2.25. The number of carbonyl (C=O) groups is 1. The Hall–Kier alpha value is -1.76. The van der Waals surface area contributed by atoms with E-state index in [2.05, 4.69) is 41.6 Å². The maximum atomic E-state index is 12.4. The Kier molecular flexibility index (Phi) is 4.99. The van der Waals surface area contributed by atoms with Crippen molar-refractivity contribution in [1.29, 1.82) is 0 Å². The van der Waals surface area contributed by atoms with Gasteiger partial charge in [-0.2, -0.15) is 11.8 Å². The molecule has 2 aromatic rings. The monoisotopic (exact) mass is 347 g/mol. The highest BCUT2D eigenvalue weighted by Gasteiger charge is 2.30. The van der Waals surface area contributed by atoms with Crippen molar-refractivity contribution in [2.45, 2.75) is 44.4 Å². The Morgan fingerprint density at radius 1 is 1.42 bits per heavy atom. The molecular formula is C17H25N5OS. The molecule has 0 saturated carbocycles. The molecule has 1 fully saturated rings. The van der Waals surface area contributed by atoms with Crippen LogP contribution in [0.1, 0.15) is 45.5 Å². The maximum Gasteiger partial charge on any atom is 0.315 e. The van der Waals surface area contributed by atoms with E-state index in [9.17, 15) is 4.79 Å². The third-order valence-electron chi connectivity index (χ3n) is 4.49. The van der Waals surface area contributed by atoms with Crippen LogP contribution in [-0.2, 0) is 0 Å². The van der Waals surface area contributed by atoms with Gasteiger partial charge in [-0.05, 0) is 43.6 Å². The van der Waals surface area contributed by atoms with Crippen molar-refractivity contribution in [3.05, 3.63) is 30.2 Å². The maximum absolute atomic E-state index is 12.4. The highest BCUT2D eigenvalue weighted by atomic mass is 32.2. The van der Waals surface area contributed by atoms with Crippen molar-refractivity contribution in [1.82, 2.24) is 25.2 Å². The number of carbonyl (C=O) groups excluding carboxylic acids is 1. The van der Waals surface area contributed by atoms with E-state index in [0.29, 0.717) is 6.54 Å². The highest BCUT2D eigenvalue weighted by molar-refractivity contribution is 8.00. The Morgan fingerprint density at radius 2 is 2.25 bits per heavy atom. The molecule has 1 saturated heterocycles. The minimum atomic E-state index is -0.188. The van der Waals surface area contributed by atoms with Crippen molar-refractivity contribution < 1.29 is 4.79 Å². The van der Waals surface area contributed by atoms with Crippen molar-refractivity contribution in [2.75, 3.05) is 12.3 Å². The van der Waals surface area contributed by atoms with Crippen LogP contribution in [0.25, 0.3) is 5.65 Å². The fourth-order valence-electron chi connectivity index (χ4n) is 3.04. The molecule has 2 atom stereocenters. The summed E-state index contributed by atoms with van der Waals surface area (Å²) in [4.78, 5) is 12.4. The van der Waals surface area contributed by atoms with E-state index in [1.54, 1.807) is 0 Å². The Balaban J connectivity index is 1.69. The van der Waals surface area contributed by atoms with E-state index in [1.165, 1.54) is 12.2 Å². The van der Waals surface area contributed by atoms with Gasteiger partial charge < -0.3 is 10.6 Å². The smallest absolute Gasteiger partial charge is 0.315 e. The molecule has 2 amide bonds. The third-order valence-corrected chi connectivity index (χ3v) is 6.03. The van der Waals surface area contributed by atoms with Gasteiger partial charge in [-0.3, -0.25) is 4.40 Å². The lowest BCUT2D eigenvalue weighted by Crippen LogP contribution is -2.45. The number of hydrogen-bond donors (Lipinski definition) is 2. The zero-order valence-electron chi connectivity index (χ0n) is 14.5. The number of urea groups is 1. The number of pyridine rings is 1. The summed E-state index contributed by atoms with van der Waals surface area (Å²) < 4.78 is 2.09. The molecule has 6 nitrogen and oxygen atoms in total. The average Bonchev–Trinajstić information content (AvgIpc) is 3.17. The molecule has 7 heteroatoms. The van der Waals surface area contributed by atoms with E-state index in [0.717, 1.165) is 17.9 Å². The van der Waals surface area contributed by atoms with Crippen LogP contribution in [0.2, 0.25) is 0 Å². The molecule has 0 bridgehead atoms. The summed E-state index contributed by atoms with van der Waals surface area (Å²) in [5.74, 6) is 2.15. The minimum absolute atomic E-state index is 0.143. The van der Waals surface area contributed by atoms with E-state index < -0.39 is 0 Å². The van der Waals surface area contributed by atoms with E-state index in [1.807, 2.05) is 40.6 Å². The SMILES string of the molecule is CC(C)[C@H](NC(=O)NC[C@]1(C)CCCS1)c1nnc2ccccn12. The number of rotatable bonds is 5. The van der Waals surface area contributed by atoms with Gasteiger partial charge in [-0.1, -0.05) is 19.9 Å². The molecule has 1 aliphatic rings. The van der Waals surface area contributed by atoms with E-state index in [4.69, 9.17) is 0 Å². The molecule has 1 aliphatic heterocycles. The molecule has 0 spiro atoms. The van der Waals surface area contributed by atoms with Gasteiger partial charge in [0, 0.05) is 17.5 Å². The zero-order valence-corrected chi connectivity index (χ0v) is 15.3. The molecule has 3 heterocycles. The number of nitrogens with zero attached hydrogens (tertiary/aromatic N) is 3. The van der Waals surface area contributed by atoms with Crippen LogP contribution in [0.4, 0.5) is 4.79 Å². The summed E-state index contributed by atoms with van der Waals surface area (Å²) in [5, 5.41) is 14.6. The van der Waals surface area contributed by atoms with E-state index in [-0.39, 0.29) is 22.7 Å². The predicted octanol–water partition coefficient (Wildman–Crippen LogP) is 3.01. The molecule has 2 aromatic heterocycles. The summed E-state index contributed by atoms with van der Waals surface area (Å²) in [6.07, 6.45) is 4.31. The summed E-state index contributed by atoms with van der Waals surface area (Å²) in [6, 6.07) is 5.45. The fourth-order valence-corrected chi connectivity index (χ4v) is 4.28. The molecule has 3 rings (SSSR count). The largest absolute Gasteiger partial charge is 0.337 e. The van der Waals surface area contributed by atoms with Gasteiger partial charge in [0.2, 0.25) is 0 Å². The van der Waals surface area contributed by atoms with Gasteiger partial charge in [0.1, 0.15) is 0 Å². The first kappa shape index (κ1) is 17.1. The molecule has 0 radical (unpaired) electrons. The van der Waals surface area contributed by atoms with Crippen molar-refractivity contribution in [3.8, 4) is 0 Å². The first-order chi connectivity index (χ1) is 11.5. The second-order valence-corrected chi connectivity index (χ2v) is 8.62. The fraction of sp³-hybridized carbons (Fsp3) is 0.588. The zero-order chi connectivity index (χ0) is 17.2. The van der Waals surface area contributed by atoms with Crippen LogP contribution in [0.15, 0.2) is 24.4 Å². The number of fused-ring (bicyclic) bond motifs is 1. The van der Waals surface area contributed by atoms with E-state index >= 15 is 0 Å². The van der Waals surface area contributed by atoms with Gasteiger partial charge in [0.05, 0.1) is 6.04 Å². The minimum Gasteiger partial charge on any atom is -0.337 e.